The summed E-state index contributed by atoms with van der Waals surface area (Å²) in [5.41, 5.74) is 0.652. The molecular formula is C9H8N2O2. The van der Waals surface area contributed by atoms with Crippen molar-refractivity contribution in [3.8, 4) is 11.5 Å². The van der Waals surface area contributed by atoms with Gasteiger partial charge in [0.1, 0.15) is 13.2 Å². The highest BCUT2D eigenvalue weighted by molar-refractivity contribution is 5.56. The van der Waals surface area contributed by atoms with Gasteiger partial charge in [-0.1, -0.05) is 0 Å². The Hall–Kier alpha value is -1.80. The normalized spacial score (nSPS) is 13.2. The molecule has 13 heavy (non-hydrogen) atoms. The van der Waals surface area contributed by atoms with E-state index in [0.717, 1.165) is 5.75 Å². The third-order valence-corrected chi connectivity index (χ3v) is 1.71. The van der Waals surface area contributed by atoms with E-state index in [2.05, 4.69) is 4.99 Å². The number of hydrogen-bond donors (Lipinski definition) is 1. The van der Waals surface area contributed by atoms with Gasteiger partial charge >= 0.3 is 0 Å². The van der Waals surface area contributed by atoms with Gasteiger partial charge in [0.2, 0.25) is 0 Å². The number of aliphatic imine (C=N–C) groups is 1. The first-order chi connectivity index (χ1) is 6.40. The minimum absolute atomic E-state index is 0.560. The van der Waals surface area contributed by atoms with E-state index in [-0.39, 0.29) is 0 Å². The molecular weight excluding hydrogens is 168 g/mol. The summed E-state index contributed by atoms with van der Waals surface area (Å²) in [5, 5.41) is 6.69. The van der Waals surface area contributed by atoms with Gasteiger partial charge in [-0.3, -0.25) is 0 Å². The van der Waals surface area contributed by atoms with Crippen LogP contribution in [0.2, 0.25) is 0 Å². The topological polar surface area (TPSA) is 54.7 Å². The van der Waals surface area contributed by atoms with Crippen molar-refractivity contribution in [2.75, 3.05) is 13.2 Å². The van der Waals surface area contributed by atoms with Crippen LogP contribution in [0, 0.1) is 5.41 Å². The minimum Gasteiger partial charge on any atom is -0.486 e. The Balaban J connectivity index is 2.40. The third-order valence-electron chi connectivity index (χ3n) is 1.71. The van der Waals surface area contributed by atoms with E-state index in [1.807, 2.05) is 6.01 Å². The summed E-state index contributed by atoms with van der Waals surface area (Å²) < 4.78 is 10.7. The van der Waals surface area contributed by atoms with Crippen molar-refractivity contribution in [2.24, 2.45) is 4.99 Å². The molecule has 1 aliphatic heterocycles. The van der Waals surface area contributed by atoms with Gasteiger partial charge in [-0.05, 0) is 12.1 Å². The smallest absolute Gasteiger partial charge is 0.163 e. The van der Waals surface area contributed by atoms with E-state index < -0.39 is 0 Å². The highest BCUT2D eigenvalue weighted by Gasteiger charge is 2.10. The zero-order valence-corrected chi connectivity index (χ0v) is 6.91. The van der Waals surface area contributed by atoms with Crippen LogP contribution in [0.4, 0.5) is 5.69 Å². The number of ether oxygens (including phenoxy) is 2. The SMILES string of the molecule is N=C=Nc1ccc2c(c1)OCCO2. The van der Waals surface area contributed by atoms with Crippen molar-refractivity contribution in [1.29, 1.82) is 5.41 Å². The van der Waals surface area contributed by atoms with Gasteiger partial charge in [-0.15, -0.1) is 0 Å². The summed E-state index contributed by atoms with van der Waals surface area (Å²) in [6.07, 6.45) is 0. The van der Waals surface area contributed by atoms with E-state index >= 15 is 0 Å². The second-order valence-corrected chi connectivity index (χ2v) is 2.55. The summed E-state index contributed by atoms with van der Waals surface area (Å²) in [5.74, 6) is 1.41. The molecule has 1 N–H and O–H groups in total. The Kier molecular flexibility index (Phi) is 1.98. The molecule has 0 radical (unpaired) electrons. The van der Waals surface area contributed by atoms with Gasteiger partial charge in [0, 0.05) is 6.07 Å². The van der Waals surface area contributed by atoms with E-state index in [1.165, 1.54) is 0 Å². The first-order valence-corrected chi connectivity index (χ1v) is 3.92. The van der Waals surface area contributed by atoms with Crippen LogP contribution in [0.3, 0.4) is 0 Å². The summed E-state index contributed by atoms with van der Waals surface area (Å²) in [7, 11) is 0. The average Bonchev–Trinajstić information content (AvgIpc) is 2.18. The molecule has 66 valence electrons. The molecule has 0 spiro atoms. The Morgan fingerprint density at radius 1 is 1.23 bits per heavy atom. The van der Waals surface area contributed by atoms with Crippen LogP contribution in [-0.2, 0) is 0 Å². The molecule has 0 saturated carbocycles. The van der Waals surface area contributed by atoms with Crippen molar-refractivity contribution >= 4 is 11.7 Å². The van der Waals surface area contributed by atoms with Gasteiger partial charge in [0.25, 0.3) is 0 Å². The number of rotatable bonds is 1. The molecule has 0 fully saturated rings. The van der Waals surface area contributed by atoms with Gasteiger partial charge in [-0.2, -0.15) is 4.99 Å². The van der Waals surface area contributed by atoms with Crippen molar-refractivity contribution < 1.29 is 9.47 Å². The Labute approximate surface area is 75.3 Å². The highest BCUT2D eigenvalue weighted by Crippen LogP contribution is 2.33. The minimum atomic E-state index is 0.560. The number of hydrogen-bond acceptors (Lipinski definition) is 4. The lowest BCUT2D eigenvalue weighted by Crippen LogP contribution is -2.14. The van der Waals surface area contributed by atoms with Crippen LogP contribution in [-0.4, -0.2) is 19.2 Å². The van der Waals surface area contributed by atoms with Crippen LogP contribution in [0.5, 0.6) is 11.5 Å². The predicted molar refractivity (Wildman–Crippen MR) is 47.2 cm³/mol. The number of nitrogens with zero attached hydrogens (tertiary/aromatic N) is 1. The lowest BCUT2D eigenvalue weighted by molar-refractivity contribution is 0.171. The summed E-state index contributed by atoms with van der Waals surface area (Å²) in [4.78, 5) is 3.70. The molecule has 0 amide bonds. The van der Waals surface area contributed by atoms with E-state index in [9.17, 15) is 0 Å². The molecule has 4 nitrogen and oxygen atoms in total. The van der Waals surface area contributed by atoms with E-state index in [0.29, 0.717) is 24.7 Å². The maximum absolute atomic E-state index is 6.69. The predicted octanol–water partition coefficient (Wildman–Crippen LogP) is 1.84. The number of fused-ring (bicyclic) bond motifs is 1. The van der Waals surface area contributed by atoms with E-state index in [4.69, 9.17) is 14.9 Å². The molecule has 1 aromatic rings. The average molecular weight is 176 g/mol. The molecule has 1 heterocycles. The lowest BCUT2D eigenvalue weighted by Gasteiger charge is -2.17. The first-order valence-electron chi connectivity index (χ1n) is 3.92. The molecule has 0 bridgehead atoms. The maximum Gasteiger partial charge on any atom is 0.163 e. The Bertz CT molecular complexity index is 370. The van der Waals surface area contributed by atoms with Gasteiger partial charge in [0.05, 0.1) is 11.7 Å². The summed E-state index contributed by atoms with van der Waals surface area (Å²) in [6, 6.07) is 7.24. The molecule has 0 atom stereocenters. The standard InChI is InChI=1S/C9H8N2O2/c10-6-11-7-1-2-8-9(5-7)13-4-3-12-8/h1-2,5,10H,3-4H2. The quantitative estimate of drug-likeness (QED) is 0.664. The second-order valence-electron chi connectivity index (χ2n) is 2.55. The van der Waals surface area contributed by atoms with Crippen molar-refractivity contribution in [1.82, 2.24) is 0 Å². The van der Waals surface area contributed by atoms with Crippen LogP contribution < -0.4 is 9.47 Å². The van der Waals surface area contributed by atoms with Crippen molar-refractivity contribution in [2.45, 2.75) is 0 Å². The molecule has 0 saturated heterocycles. The first kappa shape index (κ1) is 7.83. The fourth-order valence-electron chi connectivity index (χ4n) is 1.17. The van der Waals surface area contributed by atoms with Gasteiger partial charge in [0.15, 0.2) is 11.5 Å². The lowest BCUT2D eigenvalue weighted by atomic mass is 10.2. The van der Waals surface area contributed by atoms with Gasteiger partial charge in [-0.25, -0.2) is 5.41 Å². The molecule has 1 aliphatic rings. The Morgan fingerprint density at radius 2 is 2.00 bits per heavy atom. The fraction of sp³-hybridized carbons (Fsp3) is 0.222. The van der Waals surface area contributed by atoms with Crippen LogP contribution >= 0.6 is 0 Å². The van der Waals surface area contributed by atoms with Crippen LogP contribution in [0.25, 0.3) is 0 Å². The zero-order valence-electron chi connectivity index (χ0n) is 6.91. The molecule has 0 unspecified atom stereocenters. The zero-order chi connectivity index (χ0) is 9.10. The molecule has 0 aliphatic carbocycles. The highest BCUT2D eigenvalue weighted by atomic mass is 16.6. The Morgan fingerprint density at radius 3 is 2.77 bits per heavy atom. The maximum atomic E-state index is 6.69. The van der Waals surface area contributed by atoms with E-state index in [1.54, 1.807) is 18.2 Å². The largest absolute Gasteiger partial charge is 0.486 e. The molecule has 2 rings (SSSR count). The monoisotopic (exact) mass is 176 g/mol. The van der Waals surface area contributed by atoms with Gasteiger partial charge < -0.3 is 9.47 Å². The van der Waals surface area contributed by atoms with Crippen LogP contribution in [0.15, 0.2) is 23.2 Å². The summed E-state index contributed by atoms with van der Waals surface area (Å²) >= 11 is 0. The summed E-state index contributed by atoms with van der Waals surface area (Å²) in [6.45, 7) is 1.14. The molecule has 0 aromatic heterocycles. The number of benzene rings is 1. The van der Waals surface area contributed by atoms with Crippen molar-refractivity contribution in [3.05, 3.63) is 18.2 Å². The third kappa shape index (κ3) is 1.53. The second kappa shape index (κ2) is 3.29. The molecule has 4 heteroatoms. The van der Waals surface area contributed by atoms with Crippen LogP contribution in [0.1, 0.15) is 0 Å². The van der Waals surface area contributed by atoms with Crippen molar-refractivity contribution in [3.63, 3.8) is 0 Å². The molecule has 1 aromatic carbocycles. The number of nitrogens with one attached hydrogen (secondary N) is 1. The fourth-order valence-corrected chi connectivity index (χ4v) is 1.17.